The van der Waals surface area contributed by atoms with E-state index in [1.54, 1.807) is 6.07 Å². The Kier molecular flexibility index (Phi) is 1.79. The number of halogens is 2. The summed E-state index contributed by atoms with van der Waals surface area (Å²) in [4.78, 5) is 0. The molecule has 0 bridgehead atoms. The lowest BCUT2D eigenvalue weighted by atomic mass is 10.0. The summed E-state index contributed by atoms with van der Waals surface area (Å²) < 4.78 is 24.6. The van der Waals surface area contributed by atoms with Crippen molar-refractivity contribution in [3.8, 4) is 11.5 Å². The Morgan fingerprint density at radius 1 is 1.40 bits per heavy atom. The lowest BCUT2D eigenvalue weighted by Gasteiger charge is -2.12. The highest BCUT2D eigenvalue weighted by Crippen LogP contribution is 2.50. The molecule has 0 amide bonds. The molecular formula is C10H9BrFNO2. The van der Waals surface area contributed by atoms with Crippen molar-refractivity contribution in [2.45, 2.75) is 18.4 Å². The molecule has 1 aliphatic heterocycles. The Labute approximate surface area is 94.5 Å². The Hall–Kier alpha value is -0.810. The van der Waals surface area contributed by atoms with Crippen LogP contribution in [0.2, 0.25) is 0 Å². The van der Waals surface area contributed by atoms with Gasteiger partial charge in [0.15, 0.2) is 11.5 Å². The van der Waals surface area contributed by atoms with Crippen molar-refractivity contribution >= 4 is 15.9 Å². The minimum absolute atomic E-state index is 0.133. The number of nitrogens with two attached hydrogens (primary N) is 1. The summed E-state index contributed by atoms with van der Waals surface area (Å²) in [6, 6.07) is 1.65. The van der Waals surface area contributed by atoms with E-state index in [0.29, 0.717) is 21.5 Å². The standard InChI is InChI=1S/C10H9BrFNO2/c11-7-8(12)5(10(13)1-2-10)3-6-9(7)15-4-14-6/h3H,1-2,4,13H2. The molecule has 1 saturated carbocycles. The molecule has 1 aromatic rings. The van der Waals surface area contributed by atoms with Gasteiger partial charge in [0, 0.05) is 11.1 Å². The second-order valence-electron chi connectivity index (χ2n) is 3.94. The smallest absolute Gasteiger partial charge is 0.231 e. The van der Waals surface area contributed by atoms with Gasteiger partial charge >= 0.3 is 0 Å². The van der Waals surface area contributed by atoms with E-state index in [1.807, 2.05) is 0 Å². The molecule has 1 fully saturated rings. The predicted octanol–water partition coefficient (Wildman–Crippen LogP) is 2.26. The van der Waals surface area contributed by atoms with Crippen LogP contribution in [0.25, 0.3) is 0 Å². The fourth-order valence-corrected chi connectivity index (χ4v) is 2.27. The Morgan fingerprint density at radius 3 is 2.80 bits per heavy atom. The molecule has 0 saturated heterocycles. The zero-order chi connectivity index (χ0) is 10.6. The molecule has 5 heteroatoms. The molecule has 0 atom stereocenters. The average Bonchev–Trinajstić information content (AvgIpc) is 2.80. The van der Waals surface area contributed by atoms with Gasteiger partial charge in [-0.2, -0.15) is 0 Å². The molecule has 3 rings (SSSR count). The van der Waals surface area contributed by atoms with Crippen LogP contribution < -0.4 is 15.2 Å². The predicted molar refractivity (Wildman–Crippen MR) is 55.3 cm³/mol. The molecule has 1 aromatic carbocycles. The maximum atomic E-state index is 13.9. The summed E-state index contributed by atoms with van der Waals surface area (Å²) in [6.07, 6.45) is 1.63. The van der Waals surface area contributed by atoms with Crippen LogP contribution >= 0.6 is 15.9 Å². The summed E-state index contributed by atoms with van der Waals surface area (Å²) in [5.74, 6) is 0.662. The highest BCUT2D eigenvalue weighted by molar-refractivity contribution is 9.10. The van der Waals surface area contributed by atoms with Crippen molar-refractivity contribution in [3.05, 3.63) is 21.9 Å². The number of hydrogen-bond donors (Lipinski definition) is 1. The van der Waals surface area contributed by atoms with Crippen LogP contribution in [0, 0.1) is 5.82 Å². The largest absolute Gasteiger partial charge is 0.454 e. The molecule has 3 nitrogen and oxygen atoms in total. The fraction of sp³-hybridized carbons (Fsp3) is 0.400. The Morgan fingerprint density at radius 2 is 2.13 bits per heavy atom. The SMILES string of the molecule is NC1(c2cc3c(c(Br)c2F)OCO3)CC1. The van der Waals surface area contributed by atoms with E-state index in [0.717, 1.165) is 12.8 Å². The summed E-state index contributed by atoms with van der Waals surface area (Å²) in [6.45, 7) is 0.133. The van der Waals surface area contributed by atoms with Crippen LogP contribution in [0.1, 0.15) is 18.4 Å². The van der Waals surface area contributed by atoms with Crippen LogP contribution in [0.3, 0.4) is 0 Å². The zero-order valence-corrected chi connectivity index (χ0v) is 9.43. The molecule has 0 unspecified atom stereocenters. The van der Waals surface area contributed by atoms with Gasteiger partial charge in [0.2, 0.25) is 6.79 Å². The second-order valence-corrected chi connectivity index (χ2v) is 4.74. The van der Waals surface area contributed by atoms with E-state index in [9.17, 15) is 4.39 Å². The highest BCUT2D eigenvalue weighted by atomic mass is 79.9. The number of fused-ring (bicyclic) bond motifs is 1. The third kappa shape index (κ3) is 1.26. The van der Waals surface area contributed by atoms with Gasteiger partial charge in [0.05, 0.1) is 4.47 Å². The van der Waals surface area contributed by atoms with Crippen molar-refractivity contribution < 1.29 is 13.9 Å². The summed E-state index contributed by atoms with van der Waals surface area (Å²) in [5.41, 5.74) is 5.98. The molecule has 80 valence electrons. The zero-order valence-electron chi connectivity index (χ0n) is 7.85. The quantitative estimate of drug-likeness (QED) is 0.854. The monoisotopic (exact) mass is 273 g/mol. The Bertz CT molecular complexity index is 446. The van der Waals surface area contributed by atoms with Gasteiger partial charge in [0.25, 0.3) is 0 Å². The minimum Gasteiger partial charge on any atom is -0.454 e. The fourth-order valence-electron chi connectivity index (χ4n) is 1.75. The van der Waals surface area contributed by atoms with E-state index >= 15 is 0 Å². The van der Waals surface area contributed by atoms with Crippen LogP contribution in [0.15, 0.2) is 10.5 Å². The first-order valence-corrected chi connectivity index (χ1v) is 5.48. The third-order valence-electron chi connectivity index (χ3n) is 2.87. The van der Waals surface area contributed by atoms with Gasteiger partial charge in [-0.15, -0.1) is 0 Å². The van der Waals surface area contributed by atoms with E-state index < -0.39 is 5.54 Å². The molecule has 1 heterocycles. The first-order chi connectivity index (χ1) is 7.12. The maximum Gasteiger partial charge on any atom is 0.231 e. The molecule has 0 radical (unpaired) electrons. The molecule has 2 aliphatic rings. The first kappa shape index (κ1) is 9.42. The normalized spacial score (nSPS) is 20.5. The number of ether oxygens (including phenoxy) is 2. The van der Waals surface area contributed by atoms with E-state index in [2.05, 4.69) is 15.9 Å². The van der Waals surface area contributed by atoms with Crippen LogP contribution in [0.5, 0.6) is 11.5 Å². The van der Waals surface area contributed by atoms with Gasteiger partial charge in [0.1, 0.15) is 5.82 Å². The summed E-state index contributed by atoms with van der Waals surface area (Å²) >= 11 is 3.17. The number of hydrogen-bond acceptors (Lipinski definition) is 3. The number of benzene rings is 1. The van der Waals surface area contributed by atoms with Crippen LogP contribution in [-0.4, -0.2) is 6.79 Å². The average molecular weight is 274 g/mol. The van der Waals surface area contributed by atoms with Crippen LogP contribution in [-0.2, 0) is 5.54 Å². The second kappa shape index (κ2) is 2.86. The molecular weight excluding hydrogens is 265 g/mol. The van der Waals surface area contributed by atoms with Gasteiger partial charge in [-0.05, 0) is 34.8 Å². The minimum atomic E-state index is -0.506. The highest BCUT2D eigenvalue weighted by Gasteiger charge is 2.44. The van der Waals surface area contributed by atoms with Gasteiger partial charge in [-0.1, -0.05) is 0 Å². The summed E-state index contributed by atoms with van der Waals surface area (Å²) in [5, 5.41) is 0. The van der Waals surface area contributed by atoms with Crippen molar-refractivity contribution in [3.63, 3.8) is 0 Å². The van der Waals surface area contributed by atoms with E-state index in [1.165, 1.54) is 0 Å². The first-order valence-electron chi connectivity index (χ1n) is 4.69. The van der Waals surface area contributed by atoms with Crippen LogP contribution in [0.4, 0.5) is 4.39 Å². The van der Waals surface area contributed by atoms with Crippen molar-refractivity contribution in [1.82, 2.24) is 0 Å². The lowest BCUT2D eigenvalue weighted by molar-refractivity contribution is 0.173. The molecule has 0 aromatic heterocycles. The van der Waals surface area contributed by atoms with E-state index in [4.69, 9.17) is 15.2 Å². The van der Waals surface area contributed by atoms with Crippen molar-refractivity contribution in [1.29, 1.82) is 0 Å². The topological polar surface area (TPSA) is 44.5 Å². The molecule has 1 aliphatic carbocycles. The van der Waals surface area contributed by atoms with E-state index in [-0.39, 0.29) is 12.6 Å². The van der Waals surface area contributed by atoms with Crippen molar-refractivity contribution in [2.75, 3.05) is 6.79 Å². The maximum absolute atomic E-state index is 13.9. The Balaban J connectivity index is 2.20. The van der Waals surface area contributed by atoms with Crippen molar-refractivity contribution in [2.24, 2.45) is 5.73 Å². The molecule has 2 N–H and O–H groups in total. The van der Waals surface area contributed by atoms with Gasteiger partial charge in [-0.3, -0.25) is 0 Å². The lowest BCUT2D eigenvalue weighted by Crippen LogP contribution is -2.20. The van der Waals surface area contributed by atoms with Gasteiger partial charge < -0.3 is 15.2 Å². The molecule has 0 spiro atoms. The summed E-state index contributed by atoms with van der Waals surface area (Å²) in [7, 11) is 0. The third-order valence-corrected chi connectivity index (χ3v) is 3.58. The number of rotatable bonds is 1. The molecule has 15 heavy (non-hydrogen) atoms. The van der Waals surface area contributed by atoms with Gasteiger partial charge in [-0.25, -0.2) is 4.39 Å².